The van der Waals surface area contributed by atoms with Gasteiger partial charge in [0, 0.05) is 39.4 Å². The van der Waals surface area contributed by atoms with Crippen molar-refractivity contribution in [3.05, 3.63) is 28.2 Å². The van der Waals surface area contributed by atoms with Crippen LogP contribution in [0.1, 0.15) is 5.69 Å². The highest BCUT2D eigenvalue weighted by Gasteiger charge is 1.93. The Hall–Kier alpha value is -1.24. The second-order valence-corrected chi connectivity index (χ2v) is 3.33. The van der Waals surface area contributed by atoms with E-state index < -0.39 is 0 Å². The Kier molecular flexibility index (Phi) is 6.39. The Balaban J connectivity index is 2.03. The predicted octanol–water partition coefficient (Wildman–Crippen LogP) is -0.904. The quantitative estimate of drug-likeness (QED) is 0.500. The average molecular weight is 226 g/mol. The molecular weight excluding hydrogens is 208 g/mol. The van der Waals surface area contributed by atoms with Crippen LogP contribution in [0.5, 0.6) is 0 Å². The summed E-state index contributed by atoms with van der Waals surface area (Å²) in [5.41, 5.74) is 0.654. The molecule has 1 heterocycles. The number of hydrogen-bond donors (Lipinski definition) is 3. The molecule has 16 heavy (non-hydrogen) atoms. The largest absolute Gasteiger partial charge is 0.383 e. The van der Waals surface area contributed by atoms with Gasteiger partial charge in [0.1, 0.15) is 0 Å². The fraction of sp³-hybridized carbons (Fsp3) is 0.600. The minimum Gasteiger partial charge on any atom is -0.383 e. The Labute approximate surface area is 94.4 Å². The van der Waals surface area contributed by atoms with Gasteiger partial charge in [-0.05, 0) is 6.07 Å². The summed E-state index contributed by atoms with van der Waals surface area (Å²) in [6.07, 6.45) is 0. The summed E-state index contributed by atoms with van der Waals surface area (Å²) >= 11 is 0. The highest BCUT2D eigenvalue weighted by Crippen LogP contribution is 1.85. The molecular formula is C10H18N4O2. The molecule has 1 aromatic heterocycles. The van der Waals surface area contributed by atoms with Gasteiger partial charge in [0.05, 0.1) is 12.3 Å². The van der Waals surface area contributed by atoms with E-state index >= 15 is 0 Å². The third-order valence-electron chi connectivity index (χ3n) is 2.00. The number of aromatic nitrogens is 2. The second kappa shape index (κ2) is 7.98. The molecule has 0 fully saturated rings. The maximum absolute atomic E-state index is 10.7. The molecule has 1 rings (SSSR count). The third kappa shape index (κ3) is 5.59. The topological polar surface area (TPSA) is 79.0 Å². The molecule has 0 aromatic carbocycles. The zero-order chi connectivity index (χ0) is 11.6. The van der Waals surface area contributed by atoms with Crippen molar-refractivity contribution in [1.82, 2.24) is 20.8 Å². The van der Waals surface area contributed by atoms with Crippen molar-refractivity contribution in [2.45, 2.75) is 6.54 Å². The molecule has 0 aliphatic heterocycles. The van der Waals surface area contributed by atoms with E-state index in [9.17, 15) is 4.79 Å². The first-order valence-corrected chi connectivity index (χ1v) is 5.28. The van der Waals surface area contributed by atoms with Gasteiger partial charge in [-0.25, -0.2) is 5.10 Å². The monoisotopic (exact) mass is 226 g/mol. The number of nitrogens with zero attached hydrogens (tertiary/aromatic N) is 1. The van der Waals surface area contributed by atoms with Crippen LogP contribution < -0.4 is 16.2 Å². The first kappa shape index (κ1) is 12.8. The van der Waals surface area contributed by atoms with Crippen LogP contribution >= 0.6 is 0 Å². The molecule has 6 heteroatoms. The summed E-state index contributed by atoms with van der Waals surface area (Å²) in [6, 6.07) is 3.19. The van der Waals surface area contributed by atoms with Crippen molar-refractivity contribution in [3.8, 4) is 0 Å². The van der Waals surface area contributed by atoms with Crippen molar-refractivity contribution in [2.24, 2.45) is 0 Å². The van der Waals surface area contributed by atoms with E-state index in [2.05, 4.69) is 20.8 Å². The molecule has 0 radical (unpaired) electrons. The van der Waals surface area contributed by atoms with Crippen molar-refractivity contribution >= 4 is 0 Å². The van der Waals surface area contributed by atoms with E-state index in [0.29, 0.717) is 6.54 Å². The molecule has 1 aromatic rings. The first-order valence-electron chi connectivity index (χ1n) is 5.28. The van der Waals surface area contributed by atoms with E-state index in [-0.39, 0.29) is 5.56 Å². The zero-order valence-electron chi connectivity index (χ0n) is 9.45. The number of aromatic amines is 1. The summed E-state index contributed by atoms with van der Waals surface area (Å²) < 4.78 is 4.90. The van der Waals surface area contributed by atoms with Gasteiger partial charge in [-0.1, -0.05) is 0 Å². The first-order chi connectivity index (χ1) is 7.83. The lowest BCUT2D eigenvalue weighted by Crippen LogP contribution is -2.29. The normalized spacial score (nSPS) is 10.6. The van der Waals surface area contributed by atoms with Gasteiger partial charge < -0.3 is 15.4 Å². The maximum Gasteiger partial charge on any atom is 0.264 e. The minimum absolute atomic E-state index is 0.176. The number of ether oxygens (including phenoxy) is 1. The number of H-pyrrole nitrogens is 1. The lowest BCUT2D eigenvalue weighted by molar-refractivity contribution is 0.199. The van der Waals surface area contributed by atoms with Crippen LogP contribution in [0.3, 0.4) is 0 Å². The summed E-state index contributed by atoms with van der Waals surface area (Å²) in [5.74, 6) is 0. The van der Waals surface area contributed by atoms with E-state index in [4.69, 9.17) is 4.74 Å². The molecule has 0 amide bonds. The molecule has 0 aliphatic rings. The molecule has 0 saturated carbocycles. The molecule has 90 valence electrons. The highest BCUT2D eigenvalue weighted by atomic mass is 16.5. The average Bonchev–Trinajstić information content (AvgIpc) is 2.30. The van der Waals surface area contributed by atoms with Gasteiger partial charge in [-0.3, -0.25) is 4.79 Å². The molecule has 0 spiro atoms. The second-order valence-electron chi connectivity index (χ2n) is 3.33. The van der Waals surface area contributed by atoms with Crippen LogP contribution in [-0.2, 0) is 11.3 Å². The van der Waals surface area contributed by atoms with Gasteiger partial charge in [-0.15, -0.1) is 0 Å². The van der Waals surface area contributed by atoms with Gasteiger partial charge in [0.25, 0.3) is 5.56 Å². The molecule has 0 saturated heterocycles. The fourth-order valence-electron chi connectivity index (χ4n) is 1.16. The summed E-state index contributed by atoms with van der Waals surface area (Å²) in [4.78, 5) is 10.7. The van der Waals surface area contributed by atoms with Crippen molar-refractivity contribution in [1.29, 1.82) is 0 Å². The van der Waals surface area contributed by atoms with Crippen LogP contribution in [0.25, 0.3) is 0 Å². The highest BCUT2D eigenvalue weighted by molar-refractivity contribution is 4.98. The molecule has 0 unspecified atom stereocenters. The van der Waals surface area contributed by atoms with E-state index in [0.717, 1.165) is 31.9 Å². The summed E-state index contributed by atoms with van der Waals surface area (Å²) in [7, 11) is 1.68. The maximum atomic E-state index is 10.7. The molecule has 0 aliphatic carbocycles. The van der Waals surface area contributed by atoms with Crippen LogP contribution in [0, 0.1) is 0 Å². The standard InChI is InChI=1S/C10H18N4O2/c1-16-7-6-11-4-5-12-8-9-2-3-10(15)14-13-9/h2-3,11-12H,4-8H2,1H3,(H,14,15). The van der Waals surface area contributed by atoms with Gasteiger partial charge in [0.15, 0.2) is 0 Å². The zero-order valence-corrected chi connectivity index (χ0v) is 9.45. The SMILES string of the molecule is COCCNCCNCc1ccc(=O)[nH]n1. The third-order valence-corrected chi connectivity index (χ3v) is 2.00. The Bertz CT molecular complexity index is 319. The van der Waals surface area contributed by atoms with E-state index in [1.807, 2.05) is 0 Å². The number of nitrogens with one attached hydrogen (secondary N) is 3. The molecule has 0 bridgehead atoms. The minimum atomic E-state index is -0.176. The van der Waals surface area contributed by atoms with Crippen molar-refractivity contribution in [2.75, 3.05) is 33.4 Å². The lowest BCUT2D eigenvalue weighted by atomic mass is 10.4. The van der Waals surface area contributed by atoms with Crippen LogP contribution in [0.4, 0.5) is 0 Å². The fourth-order valence-corrected chi connectivity index (χ4v) is 1.16. The predicted molar refractivity (Wildman–Crippen MR) is 61.3 cm³/mol. The molecule has 0 atom stereocenters. The smallest absolute Gasteiger partial charge is 0.264 e. The number of rotatable bonds is 8. The molecule has 6 nitrogen and oxygen atoms in total. The van der Waals surface area contributed by atoms with Crippen LogP contribution in [0.2, 0.25) is 0 Å². The Morgan fingerprint density at radius 1 is 1.31 bits per heavy atom. The van der Waals surface area contributed by atoms with Crippen molar-refractivity contribution in [3.63, 3.8) is 0 Å². The summed E-state index contributed by atoms with van der Waals surface area (Å²) in [5, 5.41) is 12.7. The van der Waals surface area contributed by atoms with E-state index in [1.54, 1.807) is 13.2 Å². The van der Waals surface area contributed by atoms with Gasteiger partial charge >= 0.3 is 0 Å². The van der Waals surface area contributed by atoms with Crippen molar-refractivity contribution < 1.29 is 4.74 Å². The lowest BCUT2D eigenvalue weighted by Gasteiger charge is -2.05. The van der Waals surface area contributed by atoms with Gasteiger partial charge in [-0.2, -0.15) is 5.10 Å². The number of methoxy groups -OCH3 is 1. The molecule has 3 N–H and O–H groups in total. The number of hydrogen-bond acceptors (Lipinski definition) is 5. The van der Waals surface area contributed by atoms with Crippen LogP contribution in [-0.4, -0.2) is 43.5 Å². The van der Waals surface area contributed by atoms with Crippen LogP contribution in [0.15, 0.2) is 16.9 Å². The van der Waals surface area contributed by atoms with Gasteiger partial charge in [0.2, 0.25) is 0 Å². The van der Waals surface area contributed by atoms with E-state index in [1.165, 1.54) is 6.07 Å². The summed E-state index contributed by atoms with van der Waals surface area (Å²) in [6.45, 7) is 3.97. The Morgan fingerprint density at radius 2 is 2.12 bits per heavy atom. The Morgan fingerprint density at radius 3 is 2.81 bits per heavy atom.